The van der Waals surface area contributed by atoms with Crippen LogP contribution in [0, 0.1) is 12.7 Å². The number of carbonyl (C=O) groups is 1. The van der Waals surface area contributed by atoms with Gasteiger partial charge in [0.25, 0.3) is 0 Å². The van der Waals surface area contributed by atoms with Crippen molar-refractivity contribution in [2.45, 2.75) is 26.3 Å². The molecule has 0 spiro atoms. The second-order valence-corrected chi connectivity index (χ2v) is 6.31. The Bertz CT molecular complexity index is 1020. The molecule has 1 aliphatic rings. The van der Waals surface area contributed by atoms with Crippen LogP contribution >= 0.6 is 0 Å². The second kappa shape index (κ2) is 6.29. The minimum absolute atomic E-state index is 0.00359. The zero-order valence-corrected chi connectivity index (χ0v) is 14.4. The lowest BCUT2D eigenvalue weighted by Crippen LogP contribution is -2.09. The van der Waals surface area contributed by atoms with Crippen LogP contribution in [0.1, 0.15) is 42.1 Å². The molecule has 1 aliphatic heterocycles. The Labute approximate surface area is 149 Å². The number of fused-ring (bicyclic) bond motifs is 3. The quantitative estimate of drug-likeness (QED) is 0.715. The first-order valence-electron chi connectivity index (χ1n) is 8.29. The van der Waals surface area contributed by atoms with E-state index in [4.69, 9.17) is 9.52 Å². The highest BCUT2D eigenvalue weighted by molar-refractivity contribution is 6.16. The number of nitrogens with zero attached hydrogens (tertiary/aromatic N) is 3. The molecule has 0 radical (unpaired) electrons. The van der Waals surface area contributed by atoms with Gasteiger partial charge in [-0.2, -0.15) is 0 Å². The van der Waals surface area contributed by atoms with Crippen molar-refractivity contribution in [1.29, 1.82) is 0 Å². The number of aliphatic imine (C=N–C) groups is 1. The highest BCUT2D eigenvalue weighted by Gasteiger charge is 2.31. The van der Waals surface area contributed by atoms with Crippen LogP contribution in [-0.4, -0.2) is 21.6 Å². The van der Waals surface area contributed by atoms with Crippen molar-refractivity contribution >= 4 is 11.5 Å². The smallest absolute Gasteiger partial charge is 0.169 e. The predicted octanol–water partition coefficient (Wildman–Crippen LogP) is 4.06. The molecule has 0 amide bonds. The van der Waals surface area contributed by atoms with Gasteiger partial charge in [-0.1, -0.05) is 29.4 Å². The van der Waals surface area contributed by atoms with Crippen LogP contribution in [-0.2, 0) is 4.79 Å². The van der Waals surface area contributed by atoms with Gasteiger partial charge in [-0.3, -0.25) is 14.8 Å². The Morgan fingerprint density at radius 1 is 1.19 bits per heavy atom. The summed E-state index contributed by atoms with van der Waals surface area (Å²) in [5.74, 6) is 0.154. The Balaban J connectivity index is 1.99. The van der Waals surface area contributed by atoms with Crippen LogP contribution in [0.3, 0.4) is 0 Å². The van der Waals surface area contributed by atoms with Gasteiger partial charge in [-0.25, -0.2) is 4.39 Å². The molecule has 0 bridgehead atoms. The number of ketones is 1. The van der Waals surface area contributed by atoms with Crippen LogP contribution in [0.15, 0.2) is 52.1 Å². The standard InChI is InChI=1S/C20H16FN3O2/c1-11(25)9-17-20-18(12(2)24-26-20)14-5-3-4-6-15(14)19(23-17)16-8-7-13(21)10-22-16/h3-8,10,17H,9H2,1-2H3/t17-/m0/s1. The van der Waals surface area contributed by atoms with Crippen LogP contribution in [0.4, 0.5) is 4.39 Å². The van der Waals surface area contributed by atoms with Gasteiger partial charge in [0.1, 0.15) is 17.6 Å². The number of carbonyl (C=O) groups excluding carboxylic acids is 1. The van der Waals surface area contributed by atoms with E-state index in [2.05, 4.69) is 10.1 Å². The van der Waals surface area contributed by atoms with E-state index in [-0.39, 0.29) is 12.2 Å². The molecule has 6 heteroatoms. The Kier molecular flexibility index (Phi) is 3.95. The zero-order chi connectivity index (χ0) is 18.3. The van der Waals surface area contributed by atoms with Crippen molar-refractivity contribution in [3.63, 3.8) is 0 Å². The topological polar surface area (TPSA) is 68.3 Å². The summed E-state index contributed by atoms with van der Waals surface area (Å²) in [5.41, 5.74) is 4.51. The van der Waals surface area contributed by atoms with E-state index in [9.17, 15) is 9.18 Å². The first-order valence-corrected chi connectivity index (χ1v) is 8.29. The van der Waals surface area contributed by atoms with Gasteiger partial charge >= 0.3 is 0 Å². The summed E-state index contributed by atoms with van der Waals surface area (Å²) in [4.78, 5) is 20.8. The van der Waals surface area contributed by atoms with Crippen molar-refractivity contribution in [2.75, 3.05) is 0 Å². The monoisotopic (exact) mass is 349 g/mol. The molecule has 130 valence electrons. The van der Waals surface area contributed by atoms with E-state index in [0.29, 0.717) is 17.2 Å². The molecule has 2 aromatic heterocycles. The number of hydrogen-bond donors (Lipinski definition) is 0. The molecule has 1 atom stereocenters. The molecular weight excluding hydrogens is 333 g/mol. The van der Waals surface area contributed by atoms with Gasteiger partial charge in [-0.05, 0) is 31.5 Å². The van der Waals surface area contributed by atoms with Crippen molar-refractivity contribution < 1.29 is 13.7 Å². The maximum Gasteiger partial charge on any atom is 0.169 e. The van der Waals surface area contributed by atoms with Crippen LogP contribution in [0.2, 0.25) is 0 Å². The molecule has 0 fully saturated rings. The molecule has 0 N–H and O–H groups in total. The minimum Gasteiger partial charge on any atom is -0.358 e. The maximum absolute atomic E-state index is 13.3. The lowest BCUT2D eigenvalue weighted by atomic mass is 9.94. The summed E-state index contributed by atoms with van der Waals surface area (Å²) in [7, 11) is 0. The van der Waals surface area contributed by atoms with Gasteiger partial charge in [0, 0.05) is 12.0 Å². The maximum atomic E-state index is 13.3. The van der Waals surface area contributed by atoms with E-state index in [1.165, 1.54) is 13.0 Å². The molecule has 0 saturated carbocycles. The lowest BCUT2D eigenvalue weighted by molar-refractivity contribution is -0.117. The zero-order valence-electron chi connectivity index (χ0n) is 14.4. The second-order valence-electron chi connectivity index (χ2n) is 6.31. The number of pyridine rings is 1. The number of Topliss-reactive ketones (excluding diaryl/α,β-unsaturated/α-hetero) is 1. The summed E-state index contributed by atoms with van der Waals surface area (Å²) < 4.78 is 18.9. The van der Waals surface area contributed by atoms with Gasteiger partial charge in [0.2, 0.25) is 0 Å². The molecule has 4 rings (SSSR count). The largest absolute Gasteiger partial charge is 0.358 e. The Morgan fingerprint density at radius 2 is 1.96 bits per heavy atom. The van der Waals surface area contributed by atoms with Crippen LogP contribution in [0.5, 0.6) is 0 Å². The summed E-state index contributed by atoms with van der Waals surface area (Å²) in [5, 5.41) is 4.08. The molecule has 26 heavy (non-hydrogen) atoms. The number of aryl methyl sites for hydroxylation is 1. The highest BCUT2D eigenvalue weighted by Crippen LogP contribution is 2.40. The first kappa shape index (κ1) is 16.3. The van der Waals surface area contributed by atoms with E-state index < -0.39 is 11.9 Å². The number of rotatable bonds is 3. The summed E-state index contributed by atoms with van der Waals surface area (Å²) >= 11 is 0. The van der Waals surface area contributed by atoms with Crippen LogP contribution < -0.4 is 0 Å². The number of hydrogen-bond acceptors (Lipinski definition) is 5. The Morgan fingerprint density at radius 3 is 2.65 bits per heavy atom. The summed E-state index contributed by atoms with van der Waals surface area (Å²) in [6, 6.07) is 10.2. The third kappa shape index (κ3) is 2.73. The lowest BCUT2D eigenvalue weighted by Gasteiger charge is -2.10. The normalized spacial score (nSPS) is 15.7. The van der Waals surface area contributed by atoms with Gasteiger partial charge in [0.15, 0.2) is 5.76 Å². The molecule has 5 nitrogen and oxygen atoms in total. The van der Waals surface area contributed by atoms with Gasteiger partial charge in [0.05, 0.1) is 28.9 Å². The number of aromatic nitrogens is 2. The fraction of sp³-hybridized carbons (Fsp3) is 0.200. The number of benzene rings is 1. The first-order chi connectivity index (χ1) is 12.5. The van der Waals surface area contributed by atoms with E-state index in [0.717, 1.165) is 28.6 Å². The van der Waals surface area contributed by atoms with Crippen molar-refractivity contribution in [1.82, 2.24) is 10.1 Å². The summed E-state index contributed by atoms with van der Waals surface area (Å²) in [6.45, 7) is 3.39. The van der Waals surface area contributed by atoms with Crippen LogP contribution in [0.25, 0.3) is 11.1 Å². The predicted molar refractivity (Wildman–Crippen MR) is 94.5 cm³/mol. The fourth-order valence-corrected chi connectivity index (χ4v) is 3.26. The van der Waals surface area contributed by atoms with Crippen molar-refractivity contribution in [2.24, 2.45) is 4.99 Å². The van der Waals surface area contributed by atoms with E-state index in [1.807, 2.05) is 31.2 Å². The molecule has 3 aromatic rings. The van der Waals surface area contributed by atoms with Crippen molar-refractivity contribution in [3.05, 3.63) is 71.1 Å². The third-order valence-electron chi connectivity index (χ3n) is 4.38. The molecule has 1 aromatic carbocycles. The van der Waals surface area contributed by atoms with Crippen molar-refractivity contribution in [3.8, 4) is 11.1 Å². The summed E-state index contributed by atoms with van der Waals surface area (Å²) in [6.07, 6.45) is 1.36. The van der Waals surface area contributed by atoms with E-state index >= 15 is 0 Å². The average Bonchev–Trinajstić information content (AvgIpc) is 2.94. The minimum atomic E-state index is -0.502. The molecule has 0 saturated heterocycles. The third-order valence-corrected chi connectivity index (χ3v) is 4.38. The molecule has 0 unspecified atom stereocenters. The average molecular weight is 349 g/mol. The Hall–Kier alpha value is -3.15. The van der Waals surface area contributed by atoms with Gasteiger partial charge < -0.3 is 4.52 Å². The molecule has 3 heterocycles. The fourth-order valence-electron chi connectivity index (χ4n) is 3.26. The molecular formula is C20H16FN3O2. The number of halogens is 1. The van der Waals surface area contributed by atoms with Gasteiger partial charge in [-0.15, -0.1) is 0 Å². The molecule has 0 aliphatic carbocycles. The SMILES string of the molecule is CC(=O)C[C@@H]1N=C(c2ccc(F)cn2)c2ccccc2-c2c(C)noc21. The highest BCUT2D eigenvalue weighted by atomic mass is 19.1. The van der Waals surface area contributed by atoms with E-state index in [1.54, 1.807) is 6.07 Å².